The molecule has 116 valence electrons. The summed E-state index contributed by atoms with van der Waals surface area (Å²) in [7, 11) is 0. The number of halogens is 1. The van der Waals surface area contributed by atoms with Gasteiger partial charge in [0.2, 0.25) is 0 Å². The highest BCUT2D eigenvalue weighted by Gasteiger charge is 2.08. The summed E-state index contributed by atoms with van der Waals surface area (Å²) in [6, 6.07) is 8.72. The number of hydrogen-bond donors (Lipinski definition) is 0. The van der Waals surface area contributed by atoms with E-state index in [1.807, 2.05) is 18.2 Å². The molecule has 24 heavy (non-hydrogen) atoms. The topological polar surface area (TPSA) is 69.4 Å². The molecule has 0 aliphatic heterocycles. The maximum absolute atomic E-state index is 13.3. The summed E-state index contributed by atoms with van der Waals surface area (Å²) in [5.74, 6) is 0.145. The highest BCUT2D eigenvalue weighted by Crippen LogP contribution is 2.21. The first-order valence-electron chi connectivity index (χ1n) is 7.20. The smallest absolute Gasteiger partial charge is 0.178 e. The van der Waals surface area contributed by atoms with E-state index in [-0.39, 0.29) is 0 Å². The molecule has 0 atom stereocenters. The molecule has 0 unspecified atom stereocenters. The fourth-order valence-electron chi connectivity index (χ4n) is 2.27. The second kappa shape index (κ2) is 5.96. The standard InChI is InChI=1S/C17H11FN6/c18-13-7-14(10-19-9-13)24-11-12(8-22-24)15-3-1-4-16(23-15)17-20-5-2-6-21-17/h1-11H. The van der Waals surface area contributed by atoms with Crippen molar-refractivity contribution in [3.8, 4) is 28.5 Å². The minimum absolute atomic E-state index is 0.411. The lowest BCUT2D eigenvalue weighted by molar-refractivity contribution is 0.618. The highest BCUT2D eigenvalue weighted by molar-refractivity contribution is 5.62. The van der Waals surface area contributed by atoms with Crippen LogP contribution in [0.3, 0.4) is 0 Å². The van der Waals surface area contributed by atoms with Crippen LogP contribution in [-0.2, 0) is 0 Å². The molecule has 4 heterocycles. The third kappa shape index (κ3) is 2.74. The fourth-order valence-corrected chi connectivity index (χ4v) is 2.27. The average molecular weight is 318 g/mol. The van der Waals surface area contributed by atoms with Gasteiger partial charge in [-0.15, -0.1) is 0 Å². The van der Waals surface area contributed by atoms with Gasteiger partial charge in [0.25, 0.3) is 0 Å². The van der Waals surface area contributed by atoms with E-state index in [4.69, 9.17) is 0 Å². The van der Waals surface area contributed by atoms with Crippen molar-refractivity contribution in [1.29, 1.82) is 0 Å². The van der Waals surface area contributed by atoms with Crippen LogP contribution in [0, 0.1) is 5.82 Å². The second-order valence-electron chi connectivity index (χ2n) is 5.02. The Balaban J connectivity index is 1.70. The fraction of sp³-hybridized carbons (Fsp3) is 0. The quantitative estimate of drug-likeness (QED) is 0.581. The molecule has 0 spiro atoms. The molecule has 0 aromatic carbocycles. The molecule has 0 amide bonds. The lowest BCUT2D eigenvalue weighted by Crippen LogP contribution is -1.95. The number of rotatable bonds is 3. The zero-order valence-corrected chi connectivity index (χ0v) is 12.4. The van der Waals surface area contributed by atoms with Crippen LogP contribution in [0.5, 0.6) is 0 Å². The zero-order valence-electron chi connectivity index (χ0n) is 12.4. The summed E-state index contributed by atoms with van der Waals surface area (Å²) in [4.78, 5) is 16.8. The highest BCUT2D eigenvalue weighted by atomic mass is 19.1. The first kappa shape index (κ1) is 14.1. The predicted molar refractivity (Wildman–Crippen MR) is 85.6 cm³/mol. The molecule has 0 saturated carbocycles. The average Bonchev–Trinajstić information content (AvgIpc) is 3.13. The molecule has 0 fully saturated rings. The van der Waals surface area contributed by atoms with E-state index in [1.54, 1.807) is 41.7 Å². The number of pyridine rings is 2. The van der Waals surface area contributed by atoms with Gasteiger partial charge >= 0.3 is 0 Å². The maximum atomic E-state index is 13.3. The number of nitrogens with zero attached hydrogens (tertiary/aromatic N) is 6. The largest absolute Gasteiger partial charge is 0.259 e. The van der Waals surface area contributed by atoms with Crippen molar-refractivity contribution in [3.05, 3.63) is 73.3 Å². The first-order valence-corrected chi connectivity index (χ1v) is 7.20. The summed E-state index contributed by atoms with van der Waals surface area (Å²) in [5, 5.41) is 4.25. The van der Waals surface area contributed by atoms with Crippen molar-refractivity contribution in [2.24, 2.45) is 0 Å². The van der Waals surface area contributed by atoms with Gasteiger partial charge in [-0.25, -0.2) is 24.0 Å². The Kier molecular flexibility index (Phi) is 3.51. The Hall–Kier alpha value is -3.48. The van der Waals surface area contributed by atoms with E-state index in [0.29, 0.717) is 17.2 Å². The molecule has 4 aromatic rings. The Labute approximate surface area is 136 Å². The molecular formula is C17H11FN6. The molecule has 4 aromatic heterocycles. The van der Waals surface area contributed by atoms with E-state index < -0.39 is 5.82 Å². The van der Waals surface area contributed by atoms with Crippen molar-refractivity contribution in [3.63, 3.8) is 0 Å². The van der Waals surface area contributed by atoms with Crippen molar-refractivity contribution in [1.82, 2.24) is 29.7 Å². The first-order chi connectivity index (χ1) is 11.8. The van der Waals surface area contributed by atoms with E-state index in [2.05, 4.69) is 25.0 Å². The van der Waals surface area contributed by atoms with Crippen LogP contribution >= 0.6 is 0 Å². The monoisotopic (exact) mass is 318 g/mol. The van der Waals surface area contributed by atoms with Crippen LogP contribution in [0.25, 0.3) is 28.5 Å². The SMILES string of the molecule is Fc1cncc(-n2cc(-c3cccc(-c4ncccn4)n3)cn2)c1. The van der Waals surface area contributed by atoms with Gasteiger partial charge in [-0.05, 0) is 18.2 Å². The maximum Gasteiger partial charge on any atom is 0.178 e. The van der Waals surface area contributed by atoms with E-state index in [9.17, 15) is 4.39 Å². The molecule has 0 aliphatic rings. The van der Waals surface area contributed by atoms with Gasteiger partial charge in [-0.1, -0.05) is 6.07 Å². The van der Waals surface area contributed by atoms with Gasteiger partial charge in [-0.2, -0.15) is 5.10 Å². The van der Waals surface area contributed by atoms with Gasteiger partial charge < -0.3 is 0 Å². The number of hydrogen-bond acceptors (Lipinski definition) is 5. The van der Waals surface area contributed by atoms with Gasteiger partial charge in [0, 0.05) is 30.2 Å². The predicted octanol–water partition coefficient (Wildman–Crippen LogP) is 2.93. The molecular weight excluding hydrogens is 307 g/mol. The van der Waals surface area contributed by atoms with Crippen molar-refractivity contribution < 1.29 is 4.39 Å². The minimum Gasteiger partial charge on any atom is -0.259 e. The lowest BCUT2D eigenvalue weighted by Gasteiger charge is -2.02. The van der Waals surface area contributed by atoms with Crippen LogP contribution in [0.4, 0.5) is 4.39 Å². The Morgan fingerprint density at radius 3 is 2.58 bits per heavy atom. The van der Waals surface area contributed by atoms with Crippen molar-refractivity contribution in [2.45, 2.75) is 0 Å². The summed E-state index contributed by atoms with van der Waals surface area (Å²) < 4.78 is 14.8. The summed E-state index contributed by atoms with van der Waals surface area (Å²) in [5.41, 5.74) is 2.75. The third-order valence-corrected chi connectivity index (χ3v) is 3.38. The second-order valence-corrected chi connectivity index (χ2v) is 5.02. The minimum atomic E-state index is -0.411. The van der Waals surface area contributed by atoms with Crippen LogP contribution < -0.4 is 0 Å². The van der Waals surface area contributed by atoms with Crippen molar-refractivity contribution in [2.75, 3.05) is 0 Å². The molecule has 4 rings (SSSR count). The molecule has 7 heteroatoms. The zero-order chi connectivity index (χ0) is 16.4. The van der Waals surface area contributed by atoms with Crippen LogP contribution in [0.15, 0.2) is 67.5 Å². The third-order valence-electron chi connectivity index (χ3n) is 3.38. The van der Waals surface area contributed by atoms with Crippen molar-refractivity contribution >= 4 is 0 Å². The van der Waals surface area contributed by atoms with E-state index >= 15 is 0 Å². The van der Waals surface area contributed by atoms with Gasteiger partial charge in [0.1, 0.15) is 11.5 Å². The summed E-state index contributed by atoms with van der Waals surface area (Å²) in [6.07, 6.45) is 9.48. The molecule has 0 aliphatic carbocycles. The molecule has 0 radical (unpaired) electrons. The molecule has 0 saturated heterocycles. The van der Waals surface area contributed by atoms with Crippen LogP contribution in [-0.4, -0.2) is 29.7 Å². The lowest BCUT2D eigenvalue weighted by atomic mass is 10.2. The Morgan fingerprint density at radius 2 is 1.75 bits per heavy atom. The van der Waals surface area contributed by atoms with E-state index in [0.717, 1.165) is 17.5 Å². The molecule has 0 bridgehead atoms. The van der Waals surface area contributed by atoms with E-state index in [1.165, 1.54) is 6.07 Å². The Morgan fingerprint density at radius 1 is 0.917 bits per heavy atom. The molecule has 0 N–H and O–H groups in total. The van der Waals surface area contributed by atoms with Gasteiger partial charge in [0.05, 0.1) is 30.0 Å². The van der Waals surface area contributed by atoms with Crippen LogP contribution in [0.1, 0.15) is 0 Å². The Bertz CT molecular complexity index is 983. The summed E-state index contributed by atoms with van der Waals surface area (Å²) >= 11 is 0. The number of aromatic nitrogens is 6. The molecule has 6 nitrogen and oxygen atoms in total. The van der Waals surface area contributed by atoms with Gasteiger partial charge in [0.15, 0.2) is 5.82 Å². The van der Waals surface area contributed by atoms with Gasteiger partial charge in [-0.3, -0.25) is 4.98 Å². The normalized spacial score (nSPS) is 10.7. The summed E-state index contributed by atoms with van der Waals surface area (Å²) in [6.45, 7) is 0. The van der Waals surface area contributed by atoms with Crippen LogP contribution in [0.2, 0.25) is 0 Å².